The first kappa shape index (κ1) is 19.4. The SMILES string of the molecule is O=S(=O)(O)c1ccccc1S(=O)(=O)O.[H-].[H-].[Na+].[Na+]. The minimum absolute atomic E-state index is 0. The summed E-state index contributed by atoms with van der Waals surface area (Å²) in [4.78, 5) is -1.69. The Morgan fingerprint density at radius 2 is 1.06 bits per heavy atom. The van der Waals surface area contributed by atoms with Crippen LogP contribution in [0.4, 0.5) is 0 Å². The molecule has 0 aliphatic heterocycles. The van der Waals surface area contributed by atoms with E-state index in [-0.39, 0.29) is 62.0 Å². The standard InChI is InChI=1S/C6H6O6S2.2Na.2H/c7-13(8,9)5-3-1-2-4-6(5)14(10,11)12;;;;/h1-4H,(H,7,8,9)(H,10,11,12);;;;/q;2*+1;2*-1. The van der Waals surface area contributed by atoms with E-state index in [1.807, 2.05) is 0 Å². The fourth-order valence-corrected chi connectivity index (χ4v) is 2.65. The molecule has 0 saturated heterocycles. The molecule has 0 heterocycles. The molecular weight excluding hydrogens is 278 g/mol. The molecule has 16 heavy (non-hydrogen) atoms. The van der Waals surface area contributed by atoms with E-state index in [0.29, 0.717) is 0 Å². The van der Waals surface area contributed by atoms with Gasteiger partial charge in [0, 0.05) is 0 Å². The fourth-order valence-electron chi connectivity index (χ4n) is 0.876. The van der Waals surface area contributed by atoms with Crippen molar-refractivity contribution in [3.05, 3.63) is 24.3 Å². The van der Waals surface area contributed by atoms with Crippen LogP contribution in [0.25, 0.3) is 0 Å². The van der Waals surface area contributed by atoms with Crippen molar-refractivity contribution in [2.45, 2.75) is 9.79 Å². The van der Waals surface area contributed by atoms with Gasteiger partial charge in [0.05, 0.1) is 0 Å². The Labute approximate surface area is 140 Å². The van der Waals surface area contributed by atoms with Crippen LogP contribution in [0.2, 0.25) is 0 Å². The summed E-state index contributed by atoms with van der Waals surface area (Å²) in [7, 11) is -9.31. The van der Waals surface area contributed by atoms with Crippen molar-refractivity contribution in [1.29, 1.82) is 0 Å². The van der Waals surface area contributed by atoms with Crippen LogP contribution >= 0.6 is 0 Å². The van der Waals surface area contributed by atoms with Gasteiger partial charge in [-0.25, -0.2) is 0 Å². The van der Waals surface area contributed by atoms with Gasteiger partial charge < -0.3 is 2.85 Å². The van der Waals surface area contributed by atoms with Gasteiger partial charge in [-0.3, -0.25) is 9.11 Å². The minimum Gasteiger partial charge on any atom is -1.00 e. The van der Waals surface area contributed by atoms with E-state index < -0.39 is 30.0 Å². The van der Waals surface area contributed by atoms with Gasteiger partial charge in [0.25, 0.3) is 20.2 Å². The van der Waals surface area contributed by atoms with E-state index in [0.717, 1.165) is 12.1 Å². The predicted molar refractivity (Wildman–Crippen MR) is 48.3 cm³/mol. The van der Waals surface area contributed by atoms with Gasteiger partial charge in [-0.05, 0) is 12.1 Å². The van der Waals surface area contributed by atoms with E-state index in [9.17, 15) is 16.8 Å². The third kappa shape index (κ3) is 5.13. The molecule has 0 unspecified atom stereocenters. The van der Waals surface area contributed by atoms with Crippen molar-refractivity contribution < 1.29 is 87.9 Å². The average molecular weight is 286 g/mol. The van der Waals surface area contributed by atoms with E-state index in [2.05, 4.69) is 0 Å². The third-order valence-electron chi connectivity index (χ3n) is 1.40. The zero-order chi connectivity index (χ0) is 11.0. The molecule has 0 spiro atoms. The smallest absolute Gasteiger partial charge is 1.00 e. The summed E-state index contributed by atoms with van der Waals surface area (Å²) in [6.07, 6.45) is 0. The molecule has 1 aromatic carbocycles. The van der Waals surface area contributed by atoms with Gasteiger partial charge in [0.1, 0.15) is 9.79 Å². The van der Waals surface area contributed by atoms with Crippen LogP contribution in [0, 0.1) is 0 Å². The van der Waals surface area contributed by atoms with Gasteiger partial charge in [-0.15, -0.1) is 0 Å². The maximum absolute atomic E-state index is 10.7. The molecule has 10 heteroatoms. The summed E-state index contributed by atoms with van der Waals surface area (Å²) in [5.41, 5.74) is 0. The molecule has 0 aliphatic carbocycles. The van der Waals surface area contributed by atoms with Crippen LogP contribution in [0.1, 0.15) is 2.85 Å². The molecule has 0 atom stereocenters. The molecule has 0 amide bonds. The van der Waals surface area contributed by atoms with Gasteiger partial charge in [-0.1, -0.05) is 12.1 Å². The van der Waals surface area contributed by atoms with Crippen LogP contribution in [0.15, 0.2) is 34.1 Å². The second-order valence-corrected chi connectivity index (χ2v) is 5.18. The number of hydrogen-bond acceptors (Lipinski definition) is 4. The first-order valence-electron chi connectivity index (χ1n) is 3.27. The molecule has 0 aromatic heterocycles. The Balaban J connectivity index is -0.000000245. The summed E-state index contributed by atoms with van der Waals surface area (Å²) in [6.45, 7) is 0. The first-order chi connectivity index (χ1) is 6.23. The molecule has 2 N–H and O–H groups in total. The third-order valence-corrected chi connectivity index (χ3v) is 3.36. The van der Waals surface area contributed by atoms with E-state index in [1.54, 1.807) is 0 Å². The Bertz CT molecular complexity index is 508. The van der Waals surface area contributed by atoms with Crippen molar-refractivity contribution in [2.75, 3.05) is 0 Å². The summed E-state index contributed by atoms with van der Waals surface area (Å²) in [5.74, 6) is 0. The number of hydrogen-bond donors (Lipinski definition) is 2. The van der Waals surface area contributed by atoms with Crippen molar-refractivity contribution in [1.82, 2.24) is 0 Å². The van der Waals surface area contributed by atoms with Gasteiger partial charge in [0.15, 0.2) is 0 Å². The maximum Gasteiger partial charge on any atom is 1.00 e. The Morgan fingerprint density at radius 1 is 0.812 bits per heavy atom. The second-order valence-electron chi connectivity index (χ2n) is 2.40. The maximum atomic E-state index is 10.7. The van der Waals surface area contributed by atoms with Crippen LogP contribution in [-0.4, -0.2) is 25.9 Å². The zero-order valence-electron chi connectivity index (χ0n) is 10.7. The summed E-state index contributed by atoms with van der Waals surface area (Å²) >= 11 is 0. The van der Waals surface area contributed by atoms with Crippen LogP contribution in [0.5, 0.6) is 0 Å². The van der Waals surface area contributed by atoms with E-state index >= 15 is 0 Å². The van der Waals surface area contributed by atoms with Crippen molar-refractivity contribution in [3.63, 3.8) is 0 Å². The summed E-state index contributed by atoms with van der Waals surface area (Å²) in [6, 6.07) is 4.19. The molecule has 0 saturated carbocycles. The normalized spacial score (nSPS) is 11.1. The largest absolute Gasteiger partial charge is 1.00 e. The molecule has 0 radical (unpaired) electrons. The predicted octanol–water partition coefficient (Wildman–Crippen LogP) is -5.59. The van der Waals surface area contributed by atoms with Crippen LogP contribution < -0.4 is 59.1 Å². The van der Waals surface area contributed by atoms with Crippen molar-refractivity contribution >= 4 is 20.2 Å². The molecule has 0 aliphatic rings. The Kier molecular flexibility index (Phi) is 8.28. The number of rotatable bonds is 2. The number of benzene rings is 1. The molecule has 6 nitrogen and oxygen atoms in total. The van der Waals surface area contributed by atoms with Gasteiger partial charge >= 0.3 is 59.1 Å². The molecule has 1 rings (SSSR count). The van der Waals surface area contributed by atoms with Crippen LogP contribution in [0.3, 0.4) is 0 Å². The quantitative estimate of drug-likeness (QED) is 0.414. The van der Waals surface area contributed by atoms with E-state index in [1.165, 1.54) is 12.1 Å². The van der Waals surface area contributed by atoms with E-state index in [4.69, 9.17) is 9.11 Å². The fraction of sp³-hybridized carbons (Fsp3) is 0. The topological polar surface area (TPSA) is 109 Å². The Morgan fingerprint density at radius 3 is 1.25 bits per heavy atom. The Hall–Kier alpha value is 1.04. The average Bonchev–Trinajstić information content (AvgIpc) is 2.01. The van der Waals surface area contributed by atoms with Crippen molar-refractivity contribution in [2.24, 2.45) is 0 Å². The second kappa shape index (κ2) is 6.83. The molecular formula is C6H8Na2O6S2. The zero-order valence-corrected chi connectivity index (χ0v) is 14.3. The molecule has 0 fully saturated rings. The molecule has 82 valence electrons. The first-order valence-corrected chi connectivity index (χ1v) is 6.15. The van der Waals surface area contributed by atoms with Gasteiger partial charge in [-0.2, -0.15) is 16.8 Å². The van der Waals surface area contributed by atoms with Crippen molar-refractivity contribution in [3.8, 4) is 0 Å². The molecule has 0 bridgehead atoms. The molecule has 1 aromatic rings. The monoisotopic (exact) mass is 286 g/mol. The summed E-state index contributed by atoms with van der Waals surface area (Å²) in [5, 5.41) is 0. The van der Waals surface area contributed by atoms with Gasteiger partial charge in [0.2, 0.25) is 0 Å². The van der Waals surface area contributed by atoms with Crippen LogP contribution in [-0.2, 0) is 20.2 Å². The summed E-state index contributed by atoms with van der Waals surface area (Å²) < 4.78 is 60.0. The minimum atomic E-state index is -4.66.